The van der Waals surface area contributed by atoms with E-state index in [0.29, 0.717) is 18.0 Å². The number of hydrogen-bond acceptors (Lipinski definition) is 2. The summed E-state index contributed by atoms with van der Waals surface area (Å²) >= 11 is 6.21. The second-order valence-corrected chi connectivity index (χ2v) is 4.97. The molecule has 1 saturated heterocycles. The normalized spacial score (nSPS) is 20.8. The van der Waals surface area contributed by atoms with E-state index in [9.17, 15) is 9.90 Å². The van der Waals surface area contributed by atoms with Gasteiger partial charge < -0.3 is 10.0 Å². The third-order valence-corrected chi connectivity index (χ3v) is 3.37. The molecule has 1 atom stereocenters. The molecule has 0 bridgehead atoms. The molecule has 1 unspecified atom stereocenters. The van der Waals surface area contributed by atoms with Gasteiger partial charge in [0.15, 0.2) is 0 Å². The van der Waals surface area contributed by atoms with Gasteiger partial charge in [0.05, 0.1) is 10.7 Å². The number of carbonyl (C=O) groups excluding carboxylic acids is 1. The number of nitrogens with zero attached hydrogens (tertiary/aromatic N) is 1. The maximum absolute atomic E-state index is 11.9. The van der Waals surface area contributed by atoms with Gasteiger partial charge in [0.2, 0.25) is 0 Å². The van der Waals surface area contributed by atoms with Crippen molar-refractivity contribution in [1.82, 2.24) is 0 Å². The van der Waals surface area contributed by atoms with Crippen LogP contribution < -0.4 is 4.90 Å². The molecule has 0 saturated carbocycles. The number of rotatable bonds is 1. The molecule has 1 aliphatic heterocycles. The number of carbonyl (C=O) groups is 1. The fraction of sp³-hybridized carbons (Fsp3) is 0.462. The molecule has 1 aliphatic rings. The first-order valence-electron chi connectivity index (χ1n) is 5.77. The van der Waals surface area contributed by atoms with Crippen molar-refractivity contribution in [3.63, 3.8) is 0 Å². The highest BCUT2D eigenvalue weighted by atomic mass is 35.5. The van der Waals surface area contributed by atoms with Crippen LogP contribution in [0.25, 0.3) is 0 Å². The predicted octanol–water partition coefficient (Wildman–Crippen LogP) is 2.44. The van der Waals surface area contributed by atoms with Crippen LogP contribution in [0.3, 0.4) is 0 Å². The fourth-order valence-electron chi connectivity index (χ4n) is 2.33. The molecule has 1 heterocycles. The molecule has 4 heteroatoms. The van der Waals surface area contributed by atoms with E-state index >= 15 is 0 Å². The molecule has 0 radical (unpaired) electrons. The van der Waals surface area contributed by atoms with E-state index in [1.807, 2.05) is 26.0 Å². The van der Waals surface area contributed by atoms with Crippen LogP contribution in [0.4, 0.5) is 5.69 Å². The molecular formula is C13H16ClNO2. The number of hydrogen-bond donors (Lipinski definition) is 1. The maximum atomic E-state index is 11.9. The van der Waals surface area contributed by atoms with E-state index in [1.54, 1.807) is 4.90 Å². The lowest BCUT2D eigenvalue weighted by atomic mass is 10.0. The molecule has 2 rings (SSSR count). The first-order chi connectivity index (χ1) is 8.00. The average Bonchev–Trinajstić information content (AvgIpc) is 2.23. The molecule has 0 aromatic heterocycles. The first kappa shape index (κ1) is 12.4. The van der Waals surface area contributed by atoms with Gasteiger partial charge in [0.1, 0.15) is 6.10 Å². The summed E-state index contributed by atoms with van der Waals surface area (Å²) in [5.74, 6) is -0.245. The summed E-state index contributed by atoms with van der Waals surface area (Å²) in [5.41, 5.74) is 2.78. The molecular weight excluding hydrogens is 238 g/mol. The molecule has 1 aromatic carbocycles. The predicted molar refractivity (Wildman–Crippen MR) is 68.5 cm³/mol. The van der Waals surface area contributed by atoms with E-state index < -0.39 is 6.10 Å². The van der Waals surface area contributed by atoms with Crippen LogP contribution in [-0.2, 0) is 4.79 Å². The van der Waals surface area contributed by atoms with Crippen molar-refractivity contribution < 1.29 is 9.90 Å². The van der Waals surface area contributed by atoms with Gasteiger partial charge in [-0.25, -0.2) is 0 Å². The van der Waals surface area contributed by atoms with Crippen LogP contribution in [0, 0.1) is 13.8 Å². The summed E-state index contributed by atoms with van der Waals surface area (Å²) in [4.78, 5) is 13.5. The molecule has 3 nitrogen and oxygen atoms in total. The highest BCUT2D eigenvalue weighted by Gasteiger charge is 2.29. The summed E-state index contributed by atoms with van der Waals surface area (Å²) in [6.45, 7) is 4.53. The molecule has 1 fully saturated rings. The van der Waals surface area contributed by atoms with Crippen molar-refractivity contribution >= 4 is 23.2 Å². The summed E-state index contributed by atoms with van der Waals surface area (Å²) in [6.07, 6.45) is 0.453. The van der Waals surface area contributed by atoms with Gasteiger partial charge in [-0.05, 0) is 43.9 Å². The Morgan fingerprint density at radius 1 is 1.41 bits per heavy atom. The number of aryl methyl sites for hydroxylation is 2. The maximum Gasteiger partial charge on any atom is 0.255 e. The lowest BCUT2D eigenvalue weighted by molar-refractivity contribution is -0.128. The van der Waals surface area contributed by atoms with Gasteiger partial charge >= 0.3 is 0 Å². The van der Waals surface area contributed by atoms with E-state index in [-0.39, 0.29) is 5.91 Å². The topological polar surface area (TPSA) is 40.5 Å². The Labute approximate surface area is 106 Å². The summed E-state index contributed by atoms with van der Waals surface area (Å²) in [6, 6.07) is 3.84. The minimum absolute atomic E-state index is 0.245. The zero-order chi connectivity index (χ0) is 12.6. The number of anilines is 1. The van der Waals surface area contributed by atoms with Crippen molar-refractivity contribution in [1.29, 1.82) is 0 Å². The minimum atomic E-state index is -0.888. The first-order valence-corrected chi connectivity index (χ1v) is 6.14. The highest BCUT2D eigenvalue weighted by molar-refractivity contribution is 6.34. The molecule has 1 N–H and O–H groups in total. The van der Waals surface area contributed by atoms with Crippen LogP contribution >= 0.6 is 11.6 Å². The molecule has 92 valence electrons. The SMILES string of the molecule is Cc1cc(C)c(N2CCCC(O)C2=O)c(Cl)c1. The van der Waals surface area contributed by atoms with Crippen LogP contribution in [0.2, 0.25) is 5.02 Å². The van der Waals surface area contributed by atoms with Gasteiger partial charge in [-0.2, -0.15) is 0 Å². The number of aliphatic hydroxyl groups excluding tert-OH is 1. The third kappa shape index (κ3) is 2.31. The number of benzene rings is 1. The van der Waals surface area contributed by atoms with Gasteiger partial charge in [-0.3, -0.25) is 4.79 Å². The monoisotopic (exact) mass is 253 g/mol. The average molecular weight is 254 g/mol. The number of aliphatic hydroxyl groups is 1. The minimum Gasteiger partial charge on any atom is -0.383 e. The summed E-state index contributed by atoms with van der Waals surface area (Å²) in [5, 5.41) is 10.2. The quantitative estimate of drug-likeness (QED) is 0.835. The van der Waals surface area contributed by atoms with Crippen molar-refractivity contribution in [3.05, 3.63) is 28.3 Å². The van der Waals surface area contributed by atoms with Gasteiger partial charge in [-0.1, -0.05) is 17.7 Å². The second-order valence-electron chi connectivity index (χ2n) is 4.56. The van der Waals surface area contributed by atoms with E-state index in [4.69, 9.17) is 11.6 Å². The Hall–Kier alpha value is -1.06. The van der Waals surface area contributed by atoms with Crippen LogP contribution in [0.15, 0.2) is 12.1 Å². The number of halogens is 1. The van der Waals surface area contributed by atoms with E-state index in [2.05, 4.69) is 0 Å². The Morgan fingerprint density at radius 3 is 2.76 bits per heavy atom. The van der Waals surface area contributed by atoms with Crippen molar-refractivity contribution in [2.45, 2.75) is 32.8 Å². The van der Waals surface area contributed by atoms with E-state index in [0.717, 1.165) is 23.2 Å². The zero-order valence-corrected chi connectivity index (χ0v) is 10.8. The lowest BCUT2D eigenvalue weighted by Crippen LogP contribution is -2.44. The second kappa shape index (κ2) is 4.67. The van der Waals surface area contributed by atoms with Gasteiger partial charge in [0.25, 0.3) is 5.91 Å². The fourth-order valence-corrected chi connectivity index (χ4v) is 2.75. The molecule has 0 spiro atoms. The lowest BCUT2D eigenvalue weighted by Gasteiger charge is -2.31. The van der Waals surface area contributed by atoms with Gasteiger partial charge in [-0.15, -0.1) is 0 Å². The molecule has 1 aromatic rings. The summed E-state index contributed by atoms with van der Waals surface area (Å²) in [7, 11) is 0. The Morgan fingerprint density at radius 2 is 2.12 bits per heavy atom. The summed E-state index contributed by atoms with van der Waals surface area (Å²) < 4.78 is 0. The Kier molecular flexibility index (Phi) is 3.40. The van der Waals surface area contributed by atoms with Gasteiger partial charge in [0, 0.05) is 6.54 Å². The zero-order valence-electron chi connectivity index (χ0n) is 10.0. The number of amides is 1. The standard InChI is InChI=1S/C13H16ClNO2/c1-8-6-9(2)12(10(14)7-8)15-5-3-4-11(16)13(15)17/h6-7,11,16H,3-5H2,1-2H3. The van der Waals surface area contributed by atoms with Crippen molar-refractivity contribution in [3.8, 4) is 0 Å². The van der Waals surface area contributed by atoms with Crippen LogP contribution in [0.1, 0.15) is 24.0 Å². The third-order valence-electron chi connectivity index (χ3n) is 3.08. The molecule has 1 amide bonds. The Balaban J connectivity index is 2.43. The highest BCUT2D eigenvalue weighted by Crippen LogP contribution is 2.33. The molecule has 0 aliphatic carbocycles. The molecule has 17 heavy (non-hydrogen) atoms. The van der Waals surface area contributed by atoms with Crippen molar-refractivity contribution in [2.75, 3.05) is 11.4 Å². The smallest absolute Gasteiger partial charge is 0.255 e. The van der Waals surface area contributed by atoms with Crippen LogP contribution in [-0.4, -0.2) is 23.7 Å². The van der Waals surface area contributed by atoms with Crippen LogP contribution in [0.5, 0.6) is 0 Å². The Bertz CT molecular complexity index is 436. The van der Waals surface area contributed by atoms with Crippen molar-refractivity contribution in [2.24, 2.45) is 0 Å². The largest absolute Gasteiger partial charge is 0.383 e. The van der Waals surface area contributed by atoms with E-state index in [1.165, 1.54) is 0 Å². The number of piperidine rings is 1.